The maximum absolute atomic E-state index is 12.9. The first kappa shape index (κ1) is 17.8. The molecule has 0 spiro atoms. The molecule has 2 aromatic carbocycles. The van der Waals surface area contributed by atoms with Gasteiger partial charge in [-0.15, -0.1) is 11.3 Å². The van der Waals surface area contributed by atoms with Crippen molar-refractivity contribution in [2.75, 3.05) is 0 Å². The van der Waals surface area contributed by atoms with Gasteiger partial charge in [0, 0.05) is 0 Å². The molecule has 0 atom stereocenters. The van der Waals surface area contributed by atoms with Crippen LogP contribution in [0.3, 0.4) is 0 Å². The smallest absolute Gasteiger partial charge is 0.285 e. The van der Waals surface area contributed by atoms with Gasteiger partial charge in [-0.2, -0.15) is 5.10 Å². The Hall–Kier alpha value is -3.06. The standard InChI is InChI=1S/C19H14F2N2O2S/c20-15-5-1-13(2-6-15)11-22-23-19(24)18-17(9-10-26-18)25-12-14-3-7-16(21)8-4-14/h1-11H,12H2,(H,23,24). The highest BCUT2D eigenvalue weighted by Crippen LogP contribution is 2.25. The number of nitrogens with zero attached hydrogens (tertiary/aromatic N) is 1. The van der Waals surface area contributed by atoms with Crippen molar-refractivity contribution in [2.24, 2.45) is 5.10 Å². The molecule has 0 aliphatic rings. The fraction of sp³-hybridized carbons (Fsp3) is 0.0526. The van der Waals surface area contributed by atoms with Crippen LogP contribution >= 0.6 is 11.3 Å². The van der Waals surface area contributed by atoms with Crippen LogP contribution in [0.2, 0.25) is 0 Å². The Morgan fingerprint density at radius 1 is 1.04 bits per heavy atom. The van der Waals surface area contributed by atoms with Gasteiger partial charge in [-0.05, 0) is 46.8 Å². The first-order valence-corrected chi connectivity index (χ1v) is 8.53. The molecule has 0 fully saturated rings. The van der Waals surface area contributed by atoms with Crippen molar-refractivity contribution in [3.63, 3.8) is 0 Å². The van der Waals surface area contributed by atoms with E-state index in [2.05, 4.69) is 10.5 Å². The molecule has 0 bridgehead atoms. The van der Waals surface area contributed by atoms with Crippen molar-refractivity contribution < 1.29 is 18.3 Å². The molecule has 0 saturated carbocycles. The van der Waals surface area contributed by atoms with Crippen LogP contribution in [-0.4, -0.2) is 12.1 Å². The molecular formula is C19H14F2N2O2S. The van der Waals surface area contributed by atoms with Gasteiger partial charge in [-0.25, -0.2) is 14.2 Å². The number of hydrogen-bond donors (Lipinski definition) is 1. The quantitative estimate of drug-likeness (QED) is 0.516. The molecular weight excluding hydrogens is 358 g/mol. The lowest BCUT2D eigenvalue weighted by Crippen LogP contribution is -2.17. The molecule has 1 heterocycles. The lowest BCUT2D eigenvalue weighted by Gasteiger charge is -2.06. The molecule has 7 heteroatoms. The van der Waals surface area contributed by atoms with Gasteiger partial charge >= 0.3 is 0 Å². The molecule has 3 rings (SSSR count). The van der Waals surface area contributed by atoms with E-state index in [0.717, 1.165) is 5.56 Å². The number of nitrogens with one attached hydrogen (secondary N) is 1. The third-order valence-electron chi connectivity index (χ3n) is 3.39. The van der Waals surface area contributed by atoms with Gasteiger partial charge in [-0.3, -0.25) is 4.79 Å². The second-order valence-corrected chi connectivity index (χ2v) is 6.20. The second kappa shape index (κ2) is 8.35. The van der Waals surface area contributed by atoms with Gasteiger partial charge in [0.15, 0.2) is 0 Å². The van der Waals surface area contributed by atoms with E-state index in [9.17, 15) is 13.6 Å². The third kappa shape index (κ3) is 4.73. The Kier molecular flexibility index (Phi) is 5.70. The van der Waals surface area contributed by atoms with Crippen LogP contribution in [0.15, 0.2) is 65.1 Å². The van der Waals surface area contributed by atoms with E-state index in [1.807, 2.05) is 0 Å². The Morgan fingerprint density at radius 2 is 1.69 bits per heavy atom. The molecule has 0 aliphatic heterocycles. The summed E-state index contributed by atoms with van der Waals surface area (Å²) < 4.78 is 31.4. The van der Waals surface area contributed by atoms with Gasteiger partial charge < -0.3 is 4.74 Å². The summed E-state index contributed by atoms with van der Waals surface area (Å²) in [7, 11) is 0. The van der Waals surface area contributed by atoms with Crippen molar-refractivity contribution in [2.45, 2.75) is 6.61 Å². The first-order chi connectivity index (χ1) is 12.6. The number of carbonyl (C=O) groups excluding carboxylic acids is 1. The zero-order valence-corrected chi connectivity index (χ0v) is 14.3. The summed E-state index contributed by atoms with van der Waals surface area (Å²) in [5, 5.41) is 5.59. The number of hydrazone groups is 1. The number of hydrogen-bond acceptors (Lipinski definition) is 4. The summed E-state index contributed by atoms with van der Waals surface area (Å²) in [6.07, 6.45) is 1.42. The average Bonchev–Trinajstić information content (AvgIpc) is 3.11. The summed E-state index contributed by atoms with van der Waals surface area (Å²) in [4.78, 5) is 12.6. The molecule has 1 N–H and O–H groups in total. The summed E-state index contributed by atoms with van der Waals surface area (Å²) in [6.45, 7) is 0.218. The van der Waals surface area contributed by atoms with Crippen LogP contribution < -0.4 is 10.2 Å². The van der Waals surface area contributed by atoms with Crippen LogP contribution in [0.25, 0.3) is 0 Å². The minimum Gasteiger partial charge on any atom is -0.487 e. The van der Waals surface area contributed by atoms with Gasteiger partial charge in [0.1, 0.15) is 28.9 Å². The van der Waals surface area contributed by atoms with Crippen molar-refractivity contribution >= 4 is 23.5 Å². The normalized spacial score (nSPS) is 10.8. The highest BCUT2D eigenvalue weighted by molar-refractivity contribution is 7.12. The van der Waals surface area contributed by atoms with Gasteiger partial charge in [0.05, 0.1) is 6.21 Å². The number of thiophene rings is 1. The lowest BCUT2D eigenvalue weighted by atomic mass is 10.2. The van der Waals surface area contributed by atoms with Crippen LogP contribution in [0.1, 0.15) is 20.8 Å². The fourth-order valence-electron chi connectivity index (χ4n) is 2.08. The molecule has 0 saturated heterocycles. The number of rotatable bonds is 6. The van der Waals surface area contributed by atoms with Gasteiger partial charge in [-0.1, -0.05) is 24.3 Å². The molecule has 0 unspecified atom stereocenters. The number of halogens is 2. The maximum Gasteiger partial charge on any atom is 0.285 e. The van der Waals surface area contributed by atoms with Crippen LogP contribution in [0.5, 0.6) is 5.75 Å². The summed E-state index contributed by atoms with van der Waals surface area (Å²) in [5.74, 6) is -0.641. The minimum absolute atomic E-state index is 0.218. The van der Waals surface area contributed by atoms with Crippen molar-refractivity contribution in [1.29, 1.82) is 0 Å². The number of carbonyl (C=O) groups is 1. The van der Waals surface area contributed by atoms with E-state index in [-0.39, 0.29) is 18.2 Å². The molecule has 3 aromatic rings. The zero-order valence-electron chi connectivity index (χ0n) is 13.5. The Labute approximate surface area is 152 Å². The van der Waals surface area contributed by atoms with Crippen LogP contribution in [0, 0.1) is 11.6 Å². The number of amides is 1. The van der Waals surface area contributed by atoms with Crippen molar-refractivity contribution in [3.8, 4) is 5.75 Å². The van der Waals surface area contributed by atoms with Crippen LogP contribution in [-0.2, 0) is 6.61 Å². The molecule has 26 heavy (non-hydrogen) atoms. The Morgan fingerprint density at radius 3 is 2.38 bits per heavy atom. The summed E-state index contributed by atoms with van der Waals surface area (Å²) in [5.41, 5.74) is 3.86. The number of benzene rings is 2. The van der Waals surface area contributed by atoms with E-state index in [1.54, 1.807) is 35.7 Å². The molecule has 132 valence electrons. The van der Waals surface area contributed by atoms with E-state index >= 15 is 0 Å². The van der Waals surface area contributed by atoms with E-state index in [4.69, 9.17) is 4.74 Å². The molecule has 0 aliphatic carbocycles. The Bertz CT molecular complexity index is 906. The summed E-state index contributed by atoms with van der Waals surface area (Å²) >= 11 is 1.22. The first-order valence-electron chi connectivity index (χ1n) is 7.65. The Balaban J connectivity index is 1.59. The lowest BCUT2D eigenvalue weighted by molar-refractivity contribution is 0.0955. The summed E-state index contributed by atoms with van der Waals surface area (Å²) in [6, 6.07) is 13.3. The predicted octanol–water partition coefficient (Wildman–Crippen LogP) is 4.37. The fourth-order valence-corrected chi connectivity index (χ4v) is 2.81. The third-order valence-corrected chi connectivity index (χ3v) is 4.29. The molecule has 1 amide bonds. The van der Waals surface area contributed by atoms with Crippen molar-refractivity contribution in [1.82, 2.24) is 5.43 Å². The largest absolute Gasteiger partial charge is 0.487 e. The second-order valence-electron chi connectivity index (χ2n) is 5.28. The van der Waals surface area contributed by atoms with Crippen LogP contribution in [0.4, 0.5) is 8.78 Å². The topological polar surface area (TPSA) is 50.7 Å². The van der Waals surface area contributed by atoms with Crippen molar-refractivity contribution in [3.05, 3.63) is 87.6 Å². The average molecular weight is 372 g/mol. The highest BCUT2D eigenvalue weighted by Gasteiger charge is 2.14. The minimum atomic E-state index is -0.410. The van der Waals surface area contributed by atoms with E-state index in [0.29, 0.717) is 16.2 Å². The number of ether oxygens (including phenoxy) is 1. The molecule has 4 nitrogen and oxygen atoms in total. The SMILES string of the molecule is O=C(NN=Cc1ccc(F)cc1)c1sccc1OCc1ccc(F)cc1. The maximum atomic E-state index is 12.9. The monoisotopic (exact) mass is 372 g/mol. The van der Waals surface area contributed by atoms with Gasteiger partial charge in [0.25, 0.3) is 5.91 Å². The predicted molar refractivity (Wildman–Crippen MR) is 96.5 cm³/mol. The molecule has 1 aromatic heterocycles. The highest BCUT2D eigenvalue weighted by atomic mass is 32.1. The van der Waals surface area contributed by atoms with Gasteiger partial charge in [0.2, 0.25) is 0 Å². The molecule has 0 radical (unpaired) electrons. The van der Waals surface area contributed by atoms with E-state index < -0.39 is 5.91 Å². The zero-order chi connectivity index (χ0) is 18.4. The van der Waals surface area contributed by atoms with E-state index in [1.165, 1.54) is 41.8 Å².